The van der Waals surface area contributed by atoms with Crippen molar-refractivity contribution >= 4 is 30.2 Å². The molecule has 1 aromatic rings. The Hall–Kier alpha value is -1.04. The number of esters is 1. The quantitative estimate of drug-likeness (QED) is 0.552. The van der Waals surface area contributed by atoms with E-state index in [1.165, 1.54) is 19.2 Å². The van der Waals surface area contributed by atoms with Crippen LogP contribution in [0.4, 0.5) is 0 Å². The van der Waals surface area contributed by atoms with Crippen LogP contribution in [0.15, 0.2) is 18.2 Å². The fourth-order valence-electron chi connectivity index (χ4n) is 1.17. The average Bonchev–Trinajstić information content (AvgIpc) is 2.16. The van der Waals surface area contributed by atoms with Gasteiger partial charge in [0.25, 0.3) is 0 Å². The molecular weight excluding hydrogens is 218 g/mol. The minimum Gasteiger partial charge on any atom is -0.469 e. The van der Waals surface area contributed by atoms with Gasteiger partial charge in [-0.05, 0) is 23.2 Å². The number of methoxy groups -OCH3 is 1. The van der Waals surface area contributed by atoms with Gasteiger partial charge in [0.2, 0.25) is 0 Å². The zero-order valence-electron chi connectivity index (χ0n) is 8.11. The van der Waals surface area contributed by atoms with Crippen molar-refractivity contribution in [2.24, 2.45) is 0 Å². The van der Waals surface area contributed by atoms with Gasteiger partial charge in [-0.1, -0.05) is 17.7 Å². The van der Waals surface area contributed by atoms with Gasteiger partial charge >= 0.3 is 13.1 Å². The smallest absolute Gasteiger partial charge is 0.469 e. The number of carbonyl (C=O) groups is 1. The highest BCUT2D eigenvalue weighted by atomic mass is 35.5. The first-order chi connectivity index (χ1) is 7.02. The lowest BCUT2D eigenvalue weighted by Gasteiger charge is -2.05. The zero-order chi connectivity index (χ0) is 11.4. The SMILES string of the molecule is COC(=O)Cc1cc(Cl)cc(B(O)O)c1. The Morgan fingerprint density at radius 3 is 2.67 bits per heavy atom. The fourth-order valence-corrected chi connectivity index (χ4v) is 1.43. The monoisotopic (exact) mass is 228 g/mol. The lowest BCUT2D eigenvalue weighted by Crippen LogP contribution is -2.30. The van der Waals surface area contributed by atoms with Crippen LogP contribution in [-0.4, -0.2) is 30.2 Å². The second-order valence-electron chi connectivity index (χ2n) is 3.02. The largest absolute Gasteiger partial charge is 0.488 e. The van der Waals surface area contributed by atoms with E-state index in [0.29, 0.717) is 10.6 Å². The van der Waals surface area contributed by atoms with Crippen molar-refractivity contribution < 1.29 is 19.6 Å². The lowest BCUT2D eigenvalue weighted by molar-refractivity contribution is -0.139. The third-order valence-electron chi connectivity index (χ3n) is 1.85. The van der Waals surface area contributed by atoms with Crippen molar-refractivity contribution in [1.82, 2.24) is 0 Å². The van der Waals surface area contributed by atoms with Gasteiger partial charge in [0, 0.05) is 5.02 Å². The summed E-state index contributed by atoms with van der Waals surface area (Å²) < 4.78 is 4.49. The molecule has 0 atom stereocenters. The Morgan fingerprint density at radius 2 is 2.13 bits per heavy atom. The van der Waals surface area contributed by atoms with Gasteiger partial charge in [-0.25, -0.2) is 0 Å². The van der Waals surface area contributed by atoms with Gasteiger partial charge in [0.05, 0.1) is 13.5 Å². The Labute approximate surface area is 92.6 Å². The van der Waals surface area contributed by atoms with Crippen LogP contribution in [0.5, 0.6) is 0 Å². The van der Waals surface area contributed by atoms with Crippen LogP contribution in [0, 0.1) is 0 Å². The van der Waals surface area contributed by atoms with Crippen LogP contribution in [0.3, 0.4) is 0 Å². The zero-order valence-corrected chi connectivity index (χ0v) is 8.86. The van der Waals surface area contributed by atoms with Gasteiger partial charge in [0.15, 0.2) is 0 Å². The van der Waals surface area contributed by atoms with E-state index in [2.05, 4.69) is 4.74 Å². The maximum atomic E-state index is 11.0. The summed E-state index contributed by atoms with van der Waals surface area (Å²) in [5, 5.41) is 18.2. The molecule has 0 unspecified atom stereocenters. The molecule has 0 saturated heterocycles. The average molecular weight is 228 g/mol. The Bertz CT molecular complexity index is 367. The molecule has 0 aliphatic carbocycles. The molecule has 15 heavy (non-hydrogen) atoms. The molecule has 0 spiro atoms. The predicted molar refractivity (Wildman–Crippen MR) is 57.0 cm³/mol. The van der Waals surface area contributed by atoms with Crippen LogP contribution in [-0.2, 0) is 16.0 Å². The highest BCUT2D eigenvalue weighted by Crippen LogP contribution is 2.10. The lowest BCUT2D eigenvalue weighted by atomic mass is 9.79. The summed E-state index contributed by atoms with van der Waals surface area (Å²) in [5.41, 5.74) is 0.832. The molecule has 2 N–H and O–H groups in total. The van der Waals surface area contributed by atoms with Gasteiger partial charge in [-0.15, -0.1) is 0 Å². The molecule has 80 valence electrons. The van der Waals surface area contributed by atoms with Crippen molar-refractivity contribution in [3.05, 3.63) is 28.8 Å². The van der Waals surface area contributed by atoms with Gasteiger partial charge in [-0.2, -0.15) is 0 Å². The highest BCUT2D eigenvalue weighted by molar-refractivity contribution is 6.59. The molecule has 0 aromatic heterocycles. The number of benzene rings is 1. The number of hydrogen-bond acceptors (Lipinski definition) is 4. The molecule has 6 heteroatoms. The summed E-state index contributed by atoms with van der Waals surface area (Å²) in [5.74, 6) is -0.407. The summed E-state index contributed by atoms with van der Waals surface area (Å²) >= 11 is 5.75. The number of ether oxygens (including phenoxy) is 1. The molecular formula is C9H10BClO4. The molecule has 4 nitrogen and oxygen atoms in total. The van der Waals surface area contributed by atoms with Gasteiger partial charge in [-0.3, -0.25) is 4.79 Å². The normalized spacial score (nSPS) is 9.87. The van der Waals surface area contributed by atoms with Crippen molar-refractivity contribution in [3.63, 3.8) is 0 Å². The van der Waals surface area contributed by atoms with E-state index in [1.54, 1.807) is 6.07 Å². The number of rotatable bonds is 3. The topological polar surface area (TPSA) is 66.8 Å². The molecule has 0 saturated carbocycles. The molecule has 1 rings (SSSR count). The van der Waals surface area contributed by atoms with Crippen molar-refractivity contribution in [2.45, 2.75) is 6.42 Å². The summed E-state index contributed by atoms with van der Waals surface area (Å²) in [6.45, 7) is 0. The molecule has 0 aliphatic rings. The van der Waals surface area contributed by atoms with Crippen LogP contribution >= 0.6 is 11.6 Å². The van der Waals surface area contributed by atoms with Crippen molar-refractivity contribution in [1.29, 1.82) is 0 Å². The van der Waals surface area contributed by atoms with Gasteiger partial charge < -0.3 is 14.8 Å². The maximum absolute atomic E-state index is 11.0. The third-order valence-corrected chi connectivity index (χ3v) is 2.07. The molecule has 0 heterocycles. The first kappa shape index (κ1) is 12.0. The molecule has 0 fully saturated rings. The van der Waals surface area contributed by atoms with E-state index in [1.807, 2.05) is 0 Å². The summed E-state index contributed by atoms with van der Waals surface area (Å²) in [6.07, 6.45) is 0.0524. The molecule has 0 amide bonds. The summed E-state index contributed by atoms with van der Waals surface area (Å²) in [4.78, 5) is 11.0. The molecule has 0 radical (unpaired) electrons. The van der Waals surface area contributed by atoms with E-state index >= 15 is 0 Å². The number of carbonyl (C=O) groups excluding carboxylic acids is 1. The van der Waals surface area contributed by atoms with Crippen LogP contribution in [0.1, 0.15) is 5.56 Å². The Morgan fingerprint density at radius 1 is 1.47 bits per heavy atom. The van der Waals surface area contributed by atoms with E-state index in [9.17, 15) is 4.79 Å². The fraction of sp³-hybridized carbons (Fsp3) is 0.222. The van der Waals surface area contributed by atoms with E-state index < -0.39 is 13.1 Å². The summed E-state index contributed by atoms with van der Waals surface area (Å²) in [7, 11) is -0.311. The summed E-state index contributed by atoms with van der Waals surface area (Å²) in [6, 6.07) is 4.49. The minimum absolute atomic E-state index is 0.0524. The molecule has 0 bridgehead atoms. The van der Waals surface area contributed by atoms with Gasteiger partial charge in [0.1, 0.15) is 0 Å². The van der Waals surface area contributed by atoms with Crippen molar-refractivity contribution in [2.75, 3.05) is 7.11 Å². The maximum Gasteiger partial charge on any atom is 0.488 e. The van der Waals surface area contributed by atoms with E-state index in [-0.39, 0.29) is 11.9 Å². The number of hydrogen-bond donors (Lipinski definition) is 2. The van der Waals surface area contributed by atoms with E-state index in [4.69, 9.17) is 21.6 Å². The molecule has 1 aromatic carbocycles. The van der Waals surface area contributed by atoms with Crippen molar-refractivity contribution in [3.8, 4) is 0 Å². The van der Waals surface area contributed by atoms with Crippen LogP contribution in [0.25, 0.3) is 0 Å². The van der Waals surface area contributed by atoms with Crippen LogP contribution < -0.4 is 5.46 Å². The first-order valence-corrected chi connectivity index (χ1v) is 4.63. The third kappa shape index (κ3) is 3.55. The van der Waals surface area contributed by atoms with Crippen LogP contribution in [0.2, 0.25) is 5.02 Å². The Kier molecular flexibility index (Phi) is 4.14. The van der Waals surface area contributed by atoms with E-state index in [0.717, 1.165) is 0 Å². The Balaban J connectivity index is 2.93. The highest BCUT2D eigenvalue weighted by Gasteiger charge is 2.13. The predicted octanol–water partition coefficient (Wildman–Crippen LogP) is -0.265. The standard InChI is InChI=1S/C9H10BClO4/c1-15-9(12)4-6-2-7(10(13)14)5-8(11)3-6/h2-3,5,13-14H,4H2,1H3. The second kappa shape index (κ2) is 5.16. The first-order valence-electron chi connectivity index (χ1n) is 4.25. The molecule has 0 aliphatic heterocycles. The minimum atomic E-state index is -1.60. The number of halogens is 1. The second-order valence-corrected chi connectivity index (χ2v) is 3.46.